The van der Waals surface area contributed by atoms with Gasteiger partial charge in [0, 0.05) is 31.2 Å². The molecule has 2 rings (SSSR count). The van der Waals surface area contributed by atoms with Crippen molar-refractivity contribution in [1.82, 2.24) is 15.5 Å². The molecule has 0 aromatic heterocycles. The first-order chi connectivity index (χ1) is 11.7. The van der Waals surface area contributed by atoms with E-state index in [0.29, 0.717) is 19.6 Å². The van der Waals surface area contributed by atoms with E-state index in [2.05, 4.69) is 31.4 Å². The number of hydrogen-bond donors (Lipinski definition) is 2. The number of carbonyl (C=O) groups is 2. The fourth-order valence-corrected chi connectivity index (χ4v) is 2.87. The van der Waals surface area contributed by atoms with E-state index in [-0.39, 0.29) is 23.4 Å². The molecule has 5 nitrogen and oxygen atoms in total. The van der Waals surface area contributed by atoms with Gasteiger partial charge in [0.25, 0.3) is 5.91 Å². The Kier molecular flexibility index (Phi) is 6.09. The number of piperidine rings is 1. The van der Waals surface area contributed by atoms with Crippen LogP contribution in [0.4, 0.5) is 4.79 Å². The Morgan fingerprint density at radius 2 is 1.76 bits per heavy atom. The quantitative estimate of drug-likeness (QED) is 0.883. The zero-order chi connectivity index (χ0) is 18.6. The summed E-state index contributed by atoms with van der Waals surface area (Å²) in [5, 5.41) is 5.93. The molecule has 1 aliphatic rings. The molecule has 1 fully saturated rings. The zero-order valence-electron chi connectivity index (χ0n) is 16.1. The number of likely N-dealkylation sites (tertiary alicyclic amines) is 1. The average molecular weight is 345 g/mol. The molecule has 0 unspecified atom stereocenters. The van der Waals surface area contributed by atoms with E-state index in [4.69, 9.17) is 0 Å². The van der Waals surface area contributed by atoms with Crippen molar-refractivity contribution in [3.8, 4) is 0 Å². The lowest BCUT2D eigenvalue weighted by molar-refractivity contribution is 0.0708. The first kappa shape index (κ1) is 19.3. The maximum atomic E-state index is 12.6. The van der Waals surface area contributed by atoms with Gasteiger partial charge in [-0.25, -0.2) is 4.79 Å². The van der Waals surface area contributed by atoms with Gasteiger partial charge in [-0.15, -0.1) is 0 Å². The molecule has 0 spiro atoms. The molecule has 1 aromatic rings. The van der Waals surface area contributed by atoms with Crippen molar-refractivity contribution in [3.63, 3.8) is 0 Å². The van der Waals surface area contributed by atoms with Crippen LogP contribution in [0.25, 0.3) is 0 Å². The van der Waals surface area contributed by atoms with Gasteiger partial charge in [0.05, 0.1) is 0 Å². The van der Waals surface area contributed by atoms with E-state index in [9.17, 15) is 9.59 Å². The first-order valence-electron chi connectivity index (χ1n) is 9.06. The van der Waals surface area contributed by atoms with Gasteiger partial charge in [-0.3, -0.25) is 4.79 Å². The summed E-state index contributed by atoms with van der Waals surface area (Å²) in [6.07, 6.45) is 1.58. The van der Waals surface area contributed by atoms with Crippen molar-refractivity contribution in [2.24, 2.45) is 5.41 Å². The number of amides is 3. The van der Waals surface area contributed by atoms with Gasteiger partial charge in [-0.2, -0.15) is 0 Å². The Bertz CT molecular complexity index is 626. The Hall–Kier alpha value is -2.04. The Morgan fingerprint density at radius 1 is 1.12 bits per heavy atom. The first-order valence-corrected chi connectivity index (χ1v) is 9.06. The predicted molar refractivity (Wildman–Crippen MR) is 101 cm³/mol. The van der Waals surface area contributed by atoms with Crippen molar-refractivity contribution in [2.75, 3.05) is 19.6 Å². The van der Waals surface area contributed by atoms with Gasteiger partial charge in [0.1, 0.15) is 0 Å². The third kappa shape index (κ3) is 5.76. The summed E-state index contributed by atoms with van der Waals surface area (Å²) < 4.78 is 0. The van der Waals surface area contributed by atoms with Crippen molar-refractivity contribution < 1.29 is 9.59 Å². The molecule has 5 heteroatoms. The van der Waals surface area contributed by atoms with E-state index < -0.39 is 0 Å². The van der Waals surface area contributed by atoms with Crippen molar-refractivity contribution in [3.05, 3.63) is 34.9 Å². The fourth-order valence-electron chi connectivity index (χ4n) is 2.87. The minimum Gasteiger partial charge on any atom is -0.338 e. The predicted octanol–water partition coefficient (Wildman–Crippen LogP) is 3.25. The monoisotopic (exact) mass is 345 g/mol. The molecule has 25 heavy (non-hydrogen) atoms. The van der Waals surface area contributed by atoms with Gasteiger partial charge < -0.3 is 15.5 Å². The summed E-state index contributed by atoms with van der Waals surface area (Å²) in [6.45, 7) is 12.3. The maximum Gasteiger partial charge on any atom is 0.315 e. The standard InChI is InChI=1S/C20H31N3O2/c1-14-6-7-16(12-15(14)2)18(24)23-10-8-17(9-11-23)22-19(25)21-13-20(3,4)5/h6-7,12,17H,8-11,13H2,1-5H3,(H2,21,22,25). The van der Waals surface area contributed by atoms with Crippen LogP contribution in [0.3, 0.4) is 0 Å². The second-order valence-electron chi connectivity index (χ2n) is 8.25. The SMILES string of the molecule is Cc1ccc(C(=O)N2CCC(NC(=O)NCC(C)(C)C)CC2)cc1C. The van der Waals surface area contributed by atoms with Crippen LogP contribution in [0, 0.1) is 19.3 Å². The number of urea groups is 1. The van der Waals surface area contributed by atoms with Crippen molar-refractivity contribution in [2.45, 2.75) is 53.5 Å². The second-order valence-corrected chi connectivity index (χ2v) is 8.25. The molecule has 0 saturated carbocycles. The number of carbonyl (C=O) groups excluding carboxylic acids is 2. The number of rotatable bonds is 3. The third-order valence-electron chi connectivity index (χ3n) is 4.65. The maximum absolute atomic E-state index is 12.6. The molecular weight excluding hydrogens is 314 g/mol. The molecule has 1 aliphatic heterocycles. The highest BCUT2D eigenvalue weighted by Gasteiger charge is 2.25. The van der Waals surface area contributed by atoms with Gasteiger partial charge in [0.15, 0.2) is 0 Å². The summed E-state index contributed by atoms with van der Waals surface area (Å²) in [4.78, 5) is 26.5. The molecule has 1 aromatic carbocycles. The normalized spacial score (nSPS) is 15.8. The van der Waals surface area contributed by atoms with E-state index >= 15 is 0 Å². The highest BCUT2D eigenvalue weighted by molar-refractivity contribution is 5.94. The summed E-state index contributed by atoms with van der Waals surface area (Å²) in [6, 6.07) is 5.87. The molecular formula is C20H31N3O2. The number of nitrogens with one attached hydrogen (secondary N) is 2. The highest BCUT2D eigenvalue weighted by Crippen LogP contribution is 2.16. The lowest BCUT2D eigenvalue weighted by Crippen LogP contribution is -2.50. The topological polar surface area (TPSA) is 61.4 Å². The number of benzene rings is 1. The zero-order valence-corrected chi connectivity index (χ0v) is 16.1. The summed E-state index contributed by atoms with van der Waals surface area (Å²) in [7, 11) is 0. The van der Waals surface area contributed by atoms with E-state index in [1.165, 1.54) is 5.56 Å². The fraction of sp³-hybridized carbons (Fsp3) is 0.600. The molecule has 2 N–H and O–H groups in total. The van der Waals surface area contributed by atoms with Crippen LogP contribution in [0.1, 0.15) is 55.1 Å². The molecule has 1 saturated heterocycles. The number of hydrogen-bond acceptors (Lipinski definition) is 2. The van der Waals surface area contributed by atoms with Crippen molar-refractivity contribution >= 4 is 11.9 Å². The molecule has 0 atom stereocenters. The van der Waals surface area contributed by atoms with Gasteiger partial charge in [-0.1, -0.05) is 26.8 Å². The molecule has 138 valence electrons. The average Bonchev–Trinajstić information content (AvgIpc) is 2.55. The lowest BCUT2D eigenvalue weighted by atomic mass is 9.97. The number of aryl methyl sites for hydroxylation is 2. The highest BCUT2D eigenvalue weighted by atomic mass is 16.2. The minimum absolute atomic E-state index is 0.0687. The lowest BCUT2D eigenvalue weighted by Gasteiger charge is -2.32. The minimum atomic E-state index is -0.117. The van der Waals surface area contributed by atoms with Crippen LogP contribution in [-0.2, 0) is 0 Å². The largest absolute Gasteiger partial charge is 0.338 e. The van der Waals surface area contributed by atoms with Crippen LogP contribution >= 0.6 is 0 Å². The van der Waals surface area contributed by atoms with E-state index in [1.54, 1.807) is 0 Å². The number of nitrogens with zero attached hydrogens (tertiary/aromatic N) is 1. The van der Waals surface area contributed by atoms with Crippen LogP contribution in [0.2, 0.25) is 0 Å². The second kappa shape index (κ2) is 7.89. The summed E-state index contributed by atoms with van der Waals surface area (Å²) >= 11 is 0. The van der Waals surface area contributed by atoms with Crippen LogP contribution < -0.4 is 10.6 Å². The van der Waals surface area contributed by atoms with Gasteiger partial charge >= 0.3 is 6.03 Å². The molecule has 3 amide bonds. The Labute approximate surface area is 151 Å². The molecule has 1 heterocycles. The Morgan fingerprint density at radius 3 is 2.32 bits per heavy atom. The van der Waals surface area contributed by atoms with Crippen LogP contribution in [0.15, 0.2) is 18.2 Å². The van der Waals surface area contributed by atoms with E-state index in [1.807, 2.05) is 36.9 Å². The van der Waals surface area contributed by atoms with Gasteiger partial charge in [0.2, 0.25) is 0 Å². The van der Waals surface area contributed by atoms with E-state index in [0.717, 1.165) is 24.0 Å². The summed E-state index contributed by atoms with van der Waals surface area (Å²) in [5.41, 5.74) is 3.15. The summed E-state index contributed by atoms with van der Waals surface area (Å²) in [5.74, 6) is 0.0822. The van der Waals surface area contributed by atoms with Gasteiger partial charge in [-0.05, 0) is 55.4 Å². The third-order valence-corrected chi connectivity index (χ3v) is 4.65. The molecule has 0 bridgehead atoms. The smallest absolute Gasteiger partial charge is 0.315 e. The molecule has 0 radical (unpaired) electrons. The molecule has 0 aliphatic carbocycles. The Balaban J connectivity index is 1.81. The van der Waals surface area contributed by atoms with Crippen LogP contribution in [-0.4, -0.2) is 42.5 Å². The van der Waals surface area contributed by atoms with Crippen molar-refractivity contribution in [1.29, 1.82) is 0 Å². The van der Waals surface area contributed by atoms with Crippen LogP contribution in [0.5, 0.6) is 0 Å².